The topological polar surface area (TPSA) is 163 Å². The Bertz CT molecular complexity index is 2070. The van der Waals surface area contributed by atoms with E-state index in [1.165, 1.54) is 19.8 Å². The largest absolute Gasteiger partial charge is 0.469 e. The lowest BCUT2D eigenvalue weighted by Crippen LogP contribution is -2.51. The second-order valence-electron chi connectivity index (χ2n) is 15.5. The highest BCUT2D eigenvalue weighted by Crippen LogP contribution is 2.40. The summed E-state index contributed by atoms with van der Waals surface area (Å²) in [6, 6.07) is 11.7. The van der Waals surface area contributed by atoms with Crippen molar-refractivity contribution in [1.29, 1.82) is 0 Å². The van der Waals surface area contributed by atoms with Crippen molar-refractivity contribution in [3.05, 3.63) is 59.3 Å². The zero-order valence-corrected chi connectivity index (χ0v) is 32.0. The Hall–Kier alpha value is -5.20. The van der Waals surface area contributed by atoms with Gasteiger partial charge < -0.3 is 34.6 Å². The first-order valence-electron chi connectivity index (χ1n) is 19.2. The summed E-state index contributed by atoms with van der Waals surface area (Å²) in [4.78, 5) is 72.4. The molecule has 0 unspecified atom stereocenters. The molecule has 0 radical (unpaired) electrons. The summed E-state index contributed by atoms with van der Waals surface area (Å²) in [6.07, 6.45) is 4.49. The lowest BCUT2D eigenvalue weighted by atomic mass is 9.89. The molecule has 13 nitrogen and oxygen atoms in total. The summed E-state index contributed by atoms with van der Waals surface area (Å²) in [5.41, 5.74) is 8.23. The van der Waals surface area contributed by atoms with Crippen molar-refractivity contribution in [3.8, 4) is 22.4 Å². The van der Waals surface area contributed by atoms with Gasteiger partial charge in [-0.05, 0) is 79.2 Å². The number of hydrogen-bond acceptors (Lipinski definition) is 8. The molecule has 0 saturated carbocycles. The van der Waals surface area contributed by atoms with Crippen molar-refractivity contribution in [2.75, 3.05) is 27.3 Å². The van der Waals surface area contributed by atoms with E-state index in [4.69, 9.17) is 19.4 Å². The summed E-state index contributed by atoms with van der Waals surface area (Å²) in [5, 5.41) is 2.71. The zero-order chi connectivity index (χ0) is 38.3. The maximum absolute atomic E-state index is 13.8. The van der Waals surface area contributed by atoms with Crippen LogP contribution in [0.1, 0.15) is 94.8 Å². The number of benzene rings is 2. The van der Waals surface area contributed by atoms with Gasteiger partial charge in [0, 0.05) is 24.3 Å². The van der Waals surface area contributed by atoms with Gasteiger partial charge in [-0.15, -0.1) is 0 Å². The predicted molar refractivity (Wildman–Crippen MR) is 203 cm³/mol. The molecule has 2 aliphatic heterocycles. The number of aryl methyl sites for hydroxylation is 2. The van der Waals surface area contributed by atoms with E-state index in [2.05, 4.69) is 45.6 Å². The molecule has 286 valence electrons. The number of nitrogens with one attached hydrogen (secondary N) is 3. The molecule has 3 amide bonds. The van der Waals surface area contributed by atoms with E-state index in [-0.39, 0.29) is 48.1 Å². The number of nitrogens with zero attached hydrogens (tertiary/aromatic N) is 4. The first-order chi connectivity index (χ1) is 26.0. The molecule has 2 aromatic heterocycles. The second kappa shape index (κ2) is 15.3. The minimum Gasteiger partial charge on any atom is -0.469 e. The van der Waals surface area contributed by atoms with Crippen LogP contribution in [-0.4, -0.2) is 87.0 Å². The van der Waals surface area contributed by atoms with Crippen molar-refractivity contribution >= 4 is 34.9 Å². The molecule has 13 heteroatoms. The van der Waals surface area contributed by atoms with Gasteiger partial charge in [0.05, 0.1) is 55.4 Å². The number of aromatic nitrogens is 4. The van der Waals surface area contributed by atoms with Crippen LogP contribution in [-0.2, 0) is 36.7 Å². The number of alkyl carbamates (subject to hydrolysis) is 1. The summed E-state index contributed by atoms with van der Waals surface area (Å²) < 4.78 is 9.67. The van der Waals surface area contributed by atoms with E-state index >= 15 is 0 Å². The number of carbonyl (C=O) groups is 4. The Morgan fingerprint density at radius 2 is 1.48 bits per heavy atom. The summed E-state index contributed by atoms with van der Waals surface area (Å²) >= 11 is 0. The fourth-order valence-corrected chi connectivity index (χ4v) is 8.42. The molecule has 54 heavy (non-hydrogen) atoms. The van der Waals surface area contributed by atoms with Gasteiger partial charge in [-0.2, -0.15) is 0 Å². The molecule has 0 spiro atoms. The number of likely N-dealkylation sites (tertiary alicyclic amines) is 2. The Morgan fingerprint density at radius 1 is 0.815 bits per heavy atom. The van der Waals surface area contributed by atoms with E-state index in [1.807, 2.05) is 43.6 Å². The van der Waals surface area contributed by atoms with Gasteiger partial charge in [0.1, 0.15) is 17.7 Å². The standard InChI is InChI=1S/C41H51N7O6/c1-22(2)28(21-34(49)53-5)39(50)47-17-7-10-33(47)38-43-30-16-13-26-19-24(11-14-27(26)36(30)45-38)25-12-15-29-31(20-25)44-37(42-29)32-9-8-18-48(32)40(51)35(23(3)4)46-41(52)54-6/h11-12,14-15,19-20,22-23,28,32-33,35H,7-10,13,16-18,21H2,1-6H3,(H,42,44)(H,43,45)(H,46,52)/t28-,32-,33-,35-/m0/s1. The van der Waals surface area contributed by atoms with Crippen LogP contribution in [0, 0.1) is 17.8 Å². The number of aromatic amines is 2. The summed E-state index contributed by atoms with van der Waals surface area (Å²) in [5.74, 6) is 0.505. The molecule has 2 fully saturated rings. The van der Waals surface area contributed by atoms with E-state index in [0.717, 1.165) is 89.3 Å². The van der Waals surface area contributed by atoms with Gasteiger partial charge in [-0.3, -0.25) is 14.4 Å². The normalized spacial score (nSPS) is 19.2. The third kappa shape index (κ3) is 7.07. The Balaban J connectivity index is 1.10. The molecule has 2 saturated heterocycles. The van der Waals surface area contributed by atoms with Crippen LogP contribution >= 0.6 is 0 Å². The molecule has 4 aromatic rings. The Labute approximate surface area is 315 Å². The maximum Gasteiger partial charge on any atom is 0.407 e. The third-order valence-electron chi connectivity index (χ3n) is 11.5. The van der Waals surface area contributed by atoms with Crippen LogP contribution in [0.15, 0.2) is 36.4 Å². The van der Waals surface area contributed by atoms with Crippen LogP contribution in [0.5, 0.6) is 0 Å². The minimum atomic E-state index is -0.689. The van der Waals surface area contributed by atoms with Crippen LogP contribution in [0.2, 0.25) is 0 Å². The molecule has 4 heterocycles. The molecule has 4 atom stereocenters. The minimum absolute atomic E-state index is 0.00828. The van der Waals surface area contributed by atoms with E-state index < -0.39 is 18.1 Å². The highest BCUT2D eigenvalue weighted by atomic mass is 16.5. The van der Waals surface area contributed by atoms with Gasteiger partial charge in [0.25, 0.3) is 0 Å². The Morgan fingerprint density at radius 3 is 2.15 bits per heavy atom. The van der Waals surface area contributed by atoms with Gasteiger partial charge >= 0.3 is 12.1 Å². The summed E-state index contributed by atoms with van der Waals surface area (Å²) in [7, 11) is 2.66. The molecule has 2 aromatic carbocycles. The first-order valence-corrected chi connectivity index (χ1v) is 19.2. The van der Waals surface area contributed by atoms with Crippen LogP contribution in [0.3, 0.4) is 0 Å². The number of carbonyl (C=O) groups excluding carboxylic acids is 4. The van der Waals surface area contributed by atoms with Crippen molar-refractivity contribution in [2.24, 2.45) is 17.8 Å². The number of fused-ring (bicyclic) bond motifs is 4. The number of amides is 3. The van der Waals surface area contributed by atoms with E-state index in [9.17, 15) is 19.2 Å². The zero-order valence-electron chi connectivity index (χ0n) is 32.0. The number of hydrogen-bond donors (Lipinski definition) is 3. The first kappa shape index (κ1) is 37.1. The van der Waals surface area contributed by atoms with Gasteiger partial charge in [0.15, 0.2) is 0 Å². The molecular formula is C41H51N7O6. The smallest absolute Gasteiger partial charge is 0.407 e. The van der Waals surface area contributed by atoms with Crippen molar-refractivity contribution in [3.63, 3.8) is 0 Å². The fraction of sp³-hybridized carbons (Fsp3) is 0.512. The van der Waals surface area contributed by atoms with Crippen molar-refractivity contribution in [2.45, 2.75) is 90.8 Å². The number of esters is 1. The van der Waals surface area contributed by atoms with Crippen molar-refractivity contribution in [1.82, 2.24) is 35.1 Å². The van der Waals surface area contributed by atoms with Crippen LogP contribution in [0.4, 0.5) is 4.79 Å². The third-order valence-corrected chi connectivity index (χ3v) is 11.5. The monoisotopic (exact) mass is 737 g/mol. The average Bonchev–Trinajstić information content (AvgIpc) is 3.99. The van der Waals surface area contributed by atoms with Crippen LogP contribution in [0.25, 0.3) is 33.4 Å². The quantitative estimate of drug-likeness (QED) is 0.161. The molecule has 3 N–H and O–H groups in total. The van der Waals surface area contributed by atoms with E-state index in [1.54, 1.807) is 0 Å². The number of rotatable bonds is 10. The second-order valence-corrected chi connectivity index (χ2v) is 15.5. The van der Waals surface area contributed by atoms with Gasteiger partial charge in [-0.25, -0.2) is 14.8 Å². The Kier molecular flexibility index (Phi) is 10.5. The lowest BCUT2D eigenvalue weighted by molar-refractivity contribution is -0.148. The lowest BCUT2D eigenvalue weighted by Gasteiger charge is -2.29. The van der Waals surface area contributed by atoms with Crippen LogP contribution < -0.4 is 5.32 Å². The fourth-order valence-electron chi connectivity index (χ4n) is 8.42. The highest BCUT2D eigenvalue weighted by Gasteiger charge is 2.39. The number of ether oxygens (including phenoxy) is 2. The molecule has 3 aliphatic rings. The maximum atomic E-state index is 13.8. The molecule has 1 aliphatic carbocycles. The number of imidazole rings is 2. The SMILES string of the molecule is COC(=O)C[C@H](C(=O)N1CCC[C@H]1c1nc2c([nH]1)CCc1cc(-c3ccc4nc([C@@H]5CCCN5C(=O)[C@@H](NC(=O)OC)C(C)C)[nH]c4c3)ccc1-2)C(C)C. The molecule has 0 bridgehead atoms. The number of methoxy groups -OCH3 is 2. The van der Waals surface area contributed by atoms with Gasteiger partial charge in [0.2, 0.25) is 11.8 Å². The number of H-pyrrole nitrogens is 2. The van der Waals surface area contributed by atoms with E-state index in [0.29, 0.717) is 13.1 Å². The summed E-state index contributed by atoms with van der Waals surface area (Å²) in [6.45, 7) is 9.01. The average molecular weight is 738 g/mol. The predicted octanol–water partition coefficient (Wildman–Crippen LogP) is 6.26. The molecular weight excluding hydrogens is 686 g/mol. The van der Waals surface area contributed by atoms with Gasteiger partial charge in [-0.1, -0.05) is 52.0 Å². The highest BCUT2D eigenvalue weighted by molar-refractivity contribution is 5.87. The van der Waals surface area contributed by atoms with Crippen molar-refractivity contribution < 1.29 is 28.7 Å². The molecule has 7 rings (SSSR count).